The standard InChI is InChI=1S/C7H7Br2N3O2S/c1-4(2-12(13)14)15-5-6(8)10-3-11-7(5)9/h3-4H,2H2,1H3. The van der Waals surface area contributed by atoms with Gasteiger partial charge in [-0.05, 0) is 38.8 Å². The second-order valence-electron chi connectivity index (χ2n) is 2.73. The van der Waals surface area contributed by atoms with Crippen LogP contribution >= 0.6 is 43.6 Å². The molecule has 1 atom stereocenters. The maximum absolute atomic E-state index is 10.3. The molecule has 0 amide bonds. The predicted molar refractivity (Wildman–Crippen MR) is 64.6 cm³/mol. The SMILES string of the molecule is CC(C[N+](=O)[O-])Sc1c(Br)ncnc1Br. The maximum Gasteiger partial charge on any atom is 0.215 e. The van der Waals surface area contributed by atoms with Crippen molar-refractivity contribution in [2.24, 2.45) is 0 Å². The molecule has 1 aromatic heterocycles. The van der Waals surface area contributed by atoms with E-state index in [2.05, 4.69) is 41.8 Å². The van der Waals surface area contributed by atoms with Crippen LogP contribution in [-0.4, -0.2) is 26.7 Å². The van der Waals surface area contributed by atoms with E-state index < -0.39 is 0 Å². The Morgan fingerprint density at radius 1 is 1.53 bits per heavy atom. The lowest BCUT2D eigenvalue weighted by Gasteiger charge is -2.08. The molecule has 1 heterocycles. The van der Waals surface area contributed by atoms with Gasteiger partial charge in [-0.25, -0.2) is 9.97 Å². The van der Waals surface area contributed by atoms with Gasteiger partial charge < -0.3 is 0 Å². The first-order valence-corrected chi connectivity index (χ1v) is 6.41. The number of thioether (sulfide) groups is 1. The van der Waals surface area contributed by atoms with Gasteiger partial charge in [-0.2, -0.15) is 0 Å². The average Bonchev–Trinajstić information content (AvgIpc) is 2.10. The fourth-order valence-electron chi connectivity index (χ4n) is 0.878. The van der Waals surface area contributed by atoms with Crippen molar-refractivity contribution >= 4 is 43.6 Å². The molecule has 1 rings (SSSR count). The van der Waals surface area contributed by atoms with Gasteiger partial charge >= 0.3 is 0 Å². The summed E-state index contributed by atoms with van der Waals surface area (Å²) in [5.41, 5.74) is 0. The quantitative estimate of drug-likeness (QED) is 0.359. The summed E-state index contributed by atoms with van der Waals surface area (Å²) < 4.78 is 1.29. The van der Waals surface area contributed by atoms with E-state index in [9.17, 15) is 10.1 Å². The molecule has 1 aromatic rings. The van der Waals surface area contributed by atoms with Crippen molar-refractivity contribution < 1.29 is 4.92 Å². The molecule has 8 heteroatoms. The summed E-state index contributed by atoms with van der Waals surface area (Å²) in [7, 11) is 0. The molecule has 0 aromatic carbocycles. The van der Waals surface area contributed by atoms with Crippen LogP contribution in [0.15, 0.2) is 20.4 Å². The summed E-state index contributed by atoms with van der Waals surface area (Å²) in [5, 5.41) is 10.2. The highest BCUT2D eigenvalue weighted by Crippen LogP contribution is 2.33. The van der Waals surface area contributed by atoms with Crippen molar-refractivity contribution in [1.29, 1.82) is 0 Å². The van der Waals surface area contributed by atoms with Crippen LogP contribution in [0.1, 0.15) is 6.92 Å². The van der Waals surface area contributed by atoms with Crippen LogP contribution in [0, 0.1) is 10.1 Å². The minimum atomic E-state index is -0.330. The van der Waals surface area contributed by atoms with E-state index >= 15 is 0 Å². The number of rotatable bonds is 4. The Kier molecular flexibility index (Phi) is 4.94. The van der Waals surface area contributed by atoms with Crippen LogP contribution in [0.5, 0.6) is 0 Å². The first-order valence-electron chi connectivity index (χ1n) is 3.95. The van der Waals surface area contributed by atoms with E-state index in [1.165, 1.54) is 18.1 Å². The van der Waals surface area contributed by atoms with E-state index in [1.807, 2.05) is 0 Å². The Balaban J connectivity index is 2.76. The molecule has 0 spiro atoms. The predicted octanol–water partition coefficient (Wildman–Crippen LogP) is 2.76. The molecular formula is C7H7Br2N3O2S. The van der Waals surface area contributed by atoms with Crippen molar-refractivity contribution in [2.45, 2.75) is 17.1 Å². The minimum Gasteiger partial charge on any atom is -0.265 e. The number of hydrogen-bond acceptors (Lipinski definition) is 5. The summed E-state index contributed by atoms with van der Waals surface area (Å²) >= 11 is 7.90. The van der Waals surface area contributed by atoms with E-state index in [1.54, 1.807) is 6.92 Å². The van der Waals surface area contributed by atoms with Crippen molar-refractivity contribution in [2.75, 3.05) is 6.54 Å². The Labute approximate surface area is 107 Å². The van der Waals surface area contributed by atoms with Gasteiger partial charge in [0.05, 0.1) is 10.1 Å². The lowest BCUT2D eigenvalue weighted by atomic mass is 10.5. The summed E-state index contributed by atoms with van der Waals surface area (Å²) in [5.74, 6) is 0. The molecule has 5 nitrogen and oxygen atoms in total. The van der Waals surface area contributed by atoms with Crippen LogP contribution in [-0.2, 0) is 0 Å². The lowest BCUT2D eigenvalue weighted by Crippen LogP contribution is -2.12. The third-order valence-corrected chi connectivity index (χ3v) is 4.34. The van der Waals surface area contributed by atoms with Gasteiger partial charge in [0.2, 0.25) is 6.54 Å². The highest BCUT2D eigenvalue weighted by molar-refractivity contribution is 9.11. The van der Waals surface area contributed by atoms with Crippen molar-refractivity contribution in [3.63, 3.8) is 0 Å². The number of nitrogens with zero attached hydrogens (tertiary/aromatic N) is 3. The van der Waals surface area contributed by atoms with E-state index in [4.69, 9.17) is 0 Å². The topological polar surface area (TPSA) is 68.9 Å². The van der Waals surface area contributed by atoms with Gasteiger partial charge in [-0.1, -0.05) is 0 Å². The summed E-state index contributed by atoms with van der Waals surface area (Å²) in [6.45, 7) is 1.71. The van der Waals surface area contributed by atoms with Gasteiger partial charge in [0.1, 0.15) is 15.5 Å². The Morgan fingerprint density at radius 3 is 2.53 bits per heavy atom. The van der Waals surface area contributed by atoms with Crippen LogP contribution < -0.4 is 0 Å². The minimum absolute atomic E-state index is 0.0849. The van der Waals surface area contributed by atoms with Gasteiger partial charge in [0.15, 0.2) is 0 Å². The molecular weight excluding hydrogens is 350 g/mol. The zero-order chi connectivity index (χ0) is 11.4. The molecule has 1 unspecified atom stereocenters. The summed E-state index contributed by atoms with van der Waals surface area (Å²) in [6, 6.07) is 0. The normalized spacial score (nSPS) is 12.5. The highest BCUT2D eigenvalue weighted by Gasteiger charge is 2.16. The molecule has 0 fully saturated rings. The van der Waals surface area contributed by atoms with Crippen molar-refractivity contribution in [3.05, 3.63) is 25.6 Å². The maximum atomic E-state index is 10.3. The van der Waals surface area contributed by atoms with Crippen LogP contribution in [0.3, 0.4) is 0 Å². The first kappa shape index (κ1) is 12.9. The Morgan fingerprint density at radius 2 is 2.07 bits per heavy atom. The fourth-order valence-corrected chi connectivity index (χ4v) is 3.16. The zero-order valence-corrected chi connectivity index (χ0v) is 11.7. The number of hydrogen-bond donors (Lipinski definition) is 0. The molecule has 0 aliphatic rings. The second-order valence-corrected chi connectivity index (χ2v) is 5.68. The molecule has 0 aliphatic carbocycles. The van der Waals surface area contributed by atoms with Gasteiger partial charge in [0.25, 0.3) is 0 Å². The molecule has 82 valence electrons. The first-order chi connectivity index (χ1) is 7.00. The van der Waals surface area contributed by atoms with Crippen molar-refractivity contribution in [1.82, 2.24) is 9.97 Å². The van der Waals surface area contributed by atoms with E-state index in [0.29, 0.717) is 9.21 Å². The molecule has 0 saturated carbocycles. The molecule has 0 N–H and O–H groups in total. The van der Waals surface area contributed by atoms with E-state index in [-0.39, 0.29) is 16.7 Å². The third-order valence-electron chi connectivity index (χ3n) is 1.44. The monoisotopic (exact) mass is 355 g/mol. The third kappa shape index (κ3) is 4.04. The van der Waals surface area contributed by atoms with Crippen LogP contribution in [0.4, 0.5) is 0 Å². The Bertz CT molecular complexity index is 357. The largest absolute Gasteiger partial charge is 0.265 e. The van der Waals surface area contributed by atoms with Crippen molar-refractivity contribution in [3.8, 4) is 0 Å². The van der Waals surface area contributed by atoms with Gasteiger partial charge in [-0.3, -0.25) is 10.1 Å². The zero-order valence-electron chi connectivity index (χ0n) is 7.68. The molecule has 0 bridgehead atoms. The molecule has 0 radical (unpaired) electrons. The smallest absolute Gasteiger partial charge is 0.215 e. The van der Waals surface area contributed by atoms with Gasteiger partial charge in [0, 0.05) is 4.92 Å². The average molecular weight is 357 g/mol. The number of halogens is 2. The summed E-state index contributed by atoms with van der Waals surface area (Å²) in [6.07, 6.45) is 1.41. The fraction of sp³-hybridized carbons (Fsp3) is 0.429. The number of nitro groups is 1. The van der Waals surface area contributed by atoms with Gasteiger partial charge in [-0.15, -0.1) is 11.8 Å². The lowest BCUT2D eigenvalue weighted by molar-refractivity contribution is -0.478. The molecule has 0 saturated heterocycles. The summed E-state index contributed by atoms with van der Waals surface area (Å²) in [4.78, 5) is 18.7. The van der Waals surface area contributed by atoms with Crippen LogP contribution in [0.25, 0.3) is 0 Å². The molecule has 0 aliphatic heterocycles. The highest BCUT2D eigenvalue weighted by atomic mass is 79.9. The molecule has 15 heavy (non-hydrogen) atoms. The Hall–Kier alpha value is -0.210. The second kappa shape index (κ2) is 5.76. The number of aromatic nitrogens is 2. The van der Waals surface area contributed by atoms with Crippen LogP contribution in [0.2, 0.25) is 0 Å². The van der Waals surface area contributed by atoms with E-state index in [0.717, 1.165) is 4.90 Å².